The van der Waals surface area contributed by atoms with E-state index >= 15 is 0 Å². The summed E-state index contributed by atoms with van der Waals surface area (Å²) in [7, 11) is 0. The highest BCUT2D eigenvalue weighted by atomic mass is 35.5. The number of aliphatic hydroxyl groups excluding tert-OH is 2. The molecule has 0 aromatic heterocycles. The third-order valence-electron chi connectivity index (χ3n) is 6.69. The third-order valence-corrected chi connectivity index (χ3v) is 6.92. The lowest BCUT2D eigenvalue weighted by Gasteiger charge is -2.27. The zero-order valence-electron chi connectivity index (χ0n) is 22.0. The number of nitro benzene ring substituents is 2. The molecule has 10 nitrogen and oxygen atoms in total. The summed E-state index contributed by atoms with van der Waals surface area (Å²) in [6.07, 6.45) is 0.536. The Bertz CT molecular complexity index is 1140. The van der Waals surface area contributed by atoms with Crippen LogP contribution in [0.5, 0.6) is 0 Å². The van der Waals surface area contributed by atoms with Crippen molar-refractivity contribution in [3.63, 3.8) is 0 Å². The molecule has 0 bridgehead atoms. The highest BCUT2D eigenvalue weighted by molar-refractivity contribution is 6.30. The lowest BCUT2D eigenvalue weighted by Crippen LogP contribution is -2.28. The Labute approximate surface area is 238 Å². The number of hydrogen-bond donors (Lipinski definition) is 4. The number of nitro groups is 2. The maximum atomic E-state index is 12.8. The van der Waals surface area contributed by atoms with E-state index in [0.29, 0.717) is 24.6 Å². The molecule has 0 aliphatic heterocycles. The molecule has 0 radical (unpaired) electrons. The van der Waals surface area contributed by atoms with Gasteiger partial charge in [-0.1, -0.05) is 11.6 Å². The van der Waals surface area contributed by atoms with E-state index in [1.165, 1.54) is 12.1 Å². The van der Waals surface area contributed by atoms with Crippen LogP contribution in [0.2, 0.25) is 5.02 Å². The van der Waals surface area contributed by atoms with Gasteiger partial charge in [0.25, 0.3) is 24.2 Å². The second-order valence-electron chi connectivity index (χ2n) is 9.81. The van der Waals surface area contributed by atoms with Gasteiger partial charge in [-0.25, -0.2) is 17.6 Å². The Morgan fingerprint density at radius 2 is 1.22 bits per heavy atom. The second-order valence-corrected chi connectivity index (χ2v) is 10.2. The van der Waals surface area contributed by atoms with Crippen LogP contribution in [-0.2, 0) is 0 Å². The van der Waals surface area contributed by atoms with Crippen LogP contribution < -0.4 is 11.1 Å². The quantitative estimate of drug-likeness (QED) is 0.160. The Hall–Kier alpha value is -3.07. The van der Waals surface area contributed by atoms with Crippen molar-refractivity contribution in [3.8, 4) is 0 Å². The van der Waals surface area contributed by atoms with Gasteiger partial charge in [0.1, 0.15) is 0 Å². The molecular weight excluding hydrogens is 576 g/mol. The summed E-state index contributed by atoms with van der Waals surface area (Å²) in [6.45, 7) is 0. The minimum atomic E-state index is -2.89. The summed E-state index contributed by atoms with van der Waals surface area (Å²) >= 11 is 5.41. The van der Waals surface area contributed by atoms with Crippen LogP contribution in [0.15, 0.2) is 36.4 Å². The molecule has 0 saturated heterocycles. The van der Waals surface area contributed by atoms with E-state index in [1.807, 2.05) is 0 Å². The van der Waals surface area contributed by atoms with Gasteiger partial charge >= 0.3 is 0 Å². The molecule has 2 aromatic carbocycles. The van der Waals surface area contributed by atoms with E-state index in [4.69, 9.17) is 22.4 Å². The molecular formula is C26H33ClF4N4O6. The summed E-state index contributed by atoms with van der Waals surface area (Å²) in [4.78, 5) is 19.3. The molecule has 0 amide bonds. The van der Waals surface area contributed by atoms with E-state index in [-0.39, 0.29) is 23.3 Å². The third kappa shape index (κ3) is 11.4. The van der Waals surface area contributed by atoms with Crippen molar-refractivity contribution in [1.82, 2.24) is 0 Å². The number of nitrogens with one attached hydrogen (secondary N) is 1. The molecule has 2 aliphatic rings. The van der Waals surface area contributed by atoms with Crippen molar-refractivity contribution in [2.75, 3.05) is 5.32 Å². The number of aliphatic hydroxyl groups is 2. The number of hydrogen-bond acceptors (Lipinski definition) is 8. The summed E-state index contributed by atoms with van der Waals surface area (Å²) in [5.41, 5.74) is 3.63. The molecule has 0 unspecified atom stereocenters. The van der Waals surface area contributed by atoms with Crippen molar-refractivity contribution < 1.29 is 37.6 Å². The zero-order valence-corrected chi connectivity index (χ0v) is 22.7. The van der Waals surface area contributed by atoms with Crippen LogP contribution >= 0.6 is 11.6 Å². The molecule has 2 fully saturated rings. The maximum Gasteiger partial charge on any atom is 0.278 e. The van der Waals surface area contributed by atoms with Crippen LogP contribution in [0.1, 0.15) is 75.3 Å². The highest BCUT2D eigenvalue weighted by Crippen LogP contribution is 2.33. The predicted molar refractivity (Wildman–Crippen MR) is 145 cm³/mol. The molecule has 15 heteroatoms. The molecule has 4 rings (SSSR count). The van der Waals surface area contributed by atoms with Crippen LogP contribution in [0.3, 0.4) is 0 Å². The number of rotatable bonds is 6. The average molecular weight is 609 g/mol. The maximum absolute atomic E-state index is 12.8. The van der Waals surface area contributed by atoms with Crippen LogP contribution in [-0.4, -0.2) is 44.4 Å². The smallest absolute Gasteiger partial charge is 0.278 e. The molecule has 5 N–H and O–H groups in total. The number of nitrogens with zero attached hydrogens (tertiary/aromatic N) is 2. The van der Waals surface area contributed by atoms with E-state index in [2.05, 4.69) is 5.32 Å². The minimum absolute atomic E-state index is 0.0564. The number of anilines is 1. The predicted octanol–water partition coefficient (Wildman–Crippen LogP) is 6.68. The van der Waals surface area contributed by atoms with Gasteiger partial charge in [-0.05, 0) is 75.6 Å². The van der Waals surface area contributed by atoms with Crippen LogP contribution in [0.25, 0.3) is 0 Å². The van der Waals surface area contributed by atoms with Crippen molar-refractivity contribution in [1.29, 1.82) is 0 Å². The SMILES string of the molecule is NC1CCC(O)CC1.O=[N+]([O-])c1ccc(Cl)cc1C(F)F.O=[N+]([O-])c1ccc(NC2CCC(O)CC2)cc1C(F)F. The van der Waals surface area contributed by atoms with Crippen molar-refractivity contribution in [2.24, 2.45) is 5.73 Å². The Balaban J connectivity index is 0.000000239. The molecule has 0 atom stereocenters. The summed E-state index contributed by atoms with van der Waals surface area (Å²) < 4.78 is 50.1. The largest absolute Gasteiger partial charge is 0.393 e. The fraction of sp³-hybridized carbons (Fsp3) is 0.538. The Morgan fingerprint density at radius 3 is 1.66 bits per heavy atom. The summed E-state index contributed by atoms with van der Waals surface area (Å²) in [5.74, 6) is 0. The minimum Gasteiger partial charge on any atom is -0.393 e. The first kappa shape index (κ1) is 34.1. The van der Waals surface area contributed by atoms with Crippen molar-refractivity contribution >= 4 is 28.7 Å². The Morgan fingerprint density at radius 1 is 0.780 bits per heavy atom. The summed E-state index contributed by atoms with van der Waals surface area (Å²) in [5, 5.41) is 42.5. The van der Waals surface area contributed by atoms with E-state index in [0.717, 1.165) is 62.8 Å². The van der Waals surface area contributed by atoms with E-state index < -0.39 is 45.2 Å². The summed E-state index contributed by atoms with van der Waals surface area (Å²) in [6, 6.07) is 7.19. The zero-order chi connectivity index (χ0) is 30.7. The fourth-order valence-corrected chi connectivity index (χ4v) is 4.59. The van der Waals surface area contributed by atoms with Crippen LogP contribution in [0, 0.1) is 20.2 Å². The van der Waals surface area contributed by atoms with Gasteiger partial charge in [-0.15, -0.1) is 0 Å². The lowest BCUT2D eigenvalue weighted by molar-refractivity contribution is -0.386. The van der Waals surface area contributed by atoms with E-state index in [1.54, 1.807) is 0 Å². The van der Waals surface area contributed by atoms with Gasteiger partial charge < -0.3 is 21.3 Å². The van der Waals surface area contributed by atoms with Crippen LogP contribution in [0.4, 0.5) is 34.6 Å². The molecule has 0 spiro atoms. The molecule has 2 aliphatic carbocycles. The molecule has 2 saturated carbocycles. The van der Waals surface area contributed by atoms with Crippen molar-refractivity contribution in [2.45, 2.75) is 88.5 Å². The second kappa shape index (κ2) is 16.4. The molecule has 2 aromatic rings. The highest BCUT2D eigenvalue weighted by Gasteiger charge is 2.24. The standard InChI is InChI=1S/C13H16F2N2O3.C7H4ClF2NO2.C6H13NO/c14-13(15)11-7-9(3-6-12(11)17(19)20)16-8-1-4-10(18)5-2-8;8-4-1-2-6(11(12)13)5(3-4)7(9)10;7-5-1-3-6(8)4-2-5/h3,6-8,10,13,16,18H,1-2,4-5H2;1-3,7H;5-6,8H,1-4,7H2. The van der Waals surface area contributed by atoms with E-state index in [9.17, 15) is 42.9 Å². The average Bonchev–Trinajstić information content (AvgIpc) is 2.92. The number of alkyl halides is 4. The number of nitrogens with two attached hydrogens (primary N) is 1. The monoisotopic (exact) mass is 608 g/mol. The van der Waals surface area contributed by atoms with Gasteiger partial charge in [0, 0.05) is 34.9 Å². The van der Waals surface area contributed by atoms with Gasteiger partial charge in [0.15, 0.2) is 0 Å². The van der Waals surface area contributed by atoms with Gasteiger partial charge in [0.05, 0.1) is 33.2 Å². The molecule has 41 heavy (non-hydrogen) atoms. The first-order chi connectivity index (χ1) is 19.3. The number of halogens is 5. The first-order valence-electron chi connectivity index (χ1n) is 12.9. The topological polar surface area (TPSA) is 165 Å². The fourth-order valence-electron chi connectivity index (χ4n) is 4.41. The molecule has 0 heterocycles. The van der Waals surface area contributed by atoms with Gasteiger partial charge in [0.2, 0.25) is 0 Å². The lowest BCUT2D eigenvalue weighted by atomic mass is 9.93. The molecule has 228 valence electrons. The normalized spacial score (nSPS) is 22.2. The van der Waals surface area contributed by atoms with Gasteiger partial charge in [-0.2, -0.15) is 0 Å². The Kier molecular flexibility index (Phi) is 13.6. The first-order valence-corrected chi connectivity index (χ1v) is 13.3. The van der Waals surface area contributed by atoms with Gasteiger partial charge in [-0.3, -0.25) is 20.2 Å². The van der Waals surface area contributed by atoms with Crippen molar-refractivity contribution in [3.05, 3.63) is 72.8 Å². The number of benzene rings is 2.